The predicted octanol–water partition coefficient (Wildman–Crippen LogP) is 2.54. The second kappa shape index (κ2) is 5.99. The first kappa shape index (κ1) is 12.3. The molecule has 1 rings (SSSR count). The second-order valence-electron chi connectivity index (χ2n) is 4.51. The SMILES string of the molecule is CC(C)O[C@H]1CC[C@@H](N(C)CS)CC1. The molecule has 0 aromatic carbocycles. The molecule has 2 nitrogen and oxygen atoms in total. The highest BCUT2D eigenvalue weighted by Gasteiger charge is 2.24. The van der Waals surface area contributed by atoms with Crippen LogP contribution in [0.3, 0.4) is 0 Å². The molecule has 0 atom stereocenters. The lowest BCUT2D eigenvalue weighted by Gasteiger charge is -2.34. The summed E-state index contributed by atoms with van der Waals surface area (Å²) >= 11 is 4.30. The minimum atomic E-state index is 0.374. The first-order valence-corrected chi connectivity index (χ1v) is 6.23. The summed E-state index contributed by atoms with van der Waals surface area (Å²) in [5.74, 6) is 0.861. The Hall–Kier alpha value is 0.270. The van der Waals surface area contributed by atoms with E-state index in [4.69, 9.17) is 4.74 Å². The van der Waals surface area contributed by atoms with E-state index >= 15 is 0 Å². The van der Waals surface area contributed by atoms with E-state index in [-0.39, 0.29) is 0 Å². The molecule has 0 aromatic heterocycles. The Morgan fingerprint density at radius 1 is 1.29 bits per heavy atom. The summed E-state index contributed by atoms with van der Waals surface area (Å²) in [5, 5.41) is 0. The maximum atomic E-state index is 5.82. The summed E-state index contributed by atoms with van der Waals surface area (Å²) in [6.45, 7) is 4.23. The summed E-state index contributed by atoms with van der Waals surface area (Å²) in [6, 6.07) is 0.722. The van der Waals surface area contributed by atoms with Crippen LogP contribution in [-0.2, 0) is 4.74 Å². The molecule has 0 spiro atoms. The standard InChI is InChI=1S/C11H23NOS/c1-9(2)13-11-6-4-10(5-7-11)12(3)8-14/h9-11,14H,4-8H2,1-3H3/t10-,11+. The molecule has 14 heavy (non-hydrogen) atoms. The lowest BCUT2D eigenvalue weighted by atomic mass is 9.92. The van der Waals surface area contributed by atoms with E-state index in [1.165, 1.54) is 25.7 Å². The number of nitrogens with zero attached hydrogens (tertiary/aromatic N) is 1. The normalized spacial score (nSPS) is 28.7. The molecule has 0 aromatic rings. The van der Waals surface area contributed by atoms with E-state index in [9.17, 15) is 0 Å². The van der Waals surface area contributed by atoms with Gasteiger partial charge in [0, 0.05) is 11.9 Å². The zero-order chi connectivity index (χ0) is 10.6. The number of ether oxygens (including phenoxy) is 1. The van der Waals surface area contributed by atoms with Crippen molar-refractivity contribution in [1.82, 2.24) is 4.90 Å². The third kappa shape index (κ3) is 3.79. The average Bonchev–Trinajstić information content (AvgIpc) is 2.17. The first-order chi connectivity index (χ1) is 6.63. The topological polar surface area (TPSA) is 12.5 Å². The number of thiol groups is 1. The van der Waals surface area contributed by atoms with E-state index in [0.717, 1.165) is 11.9 Å². The molecule has 0 N–H and O–H groups in total. The molecule has 0 saturated heterocycles. The van der Waals surface area contributed by atoms with Crippen molar-refractivity contribution in [3.05, 3.63) is 0 Å². The van der Waals surface area contributed by atoms with Gasteiger partial charge in [-0.25, -0.2) is 0 Å². The van der Waals surface area contributed by atoms with Gasteiger partial charge in [0.2, 0.25) is 0 Å². The van der Waals surface area contributed by atoms with Gasteiger partial charge in [0.15, 0.2) is 0 Å². The summed E-state index contributed by atoms with van der Waals surface area (Å²) in [5.41, 5.74) is 0. The molecule has 0 bridgehead atoms. The molecule has 0 heterocycles. The summed E-state index contributed by atoms with van der Waals surface area (Å²) in [7, 11) is 2.15. The first-order valence-electron chi connectivity index (χ1n) is 5.60. The Morgan fingerprint density at radius 3 is 2.29 bits per heavy atom. The molecular formula is C11H23NOS. The molecule has 1 aliphatic rings. The molecule has 1 saturated carbocycles. The highest BCUT2D eigenvalue weighted by molar-refractivity contribution is 7.80. The van der Waals surface area contributed by atoms with Crippen molar-refractivity contribution in [3.63, 3.8) is 0 Å². The monoisotopic (exact) mass is 217 g/mol. The van der Waals surface area contributed by atoms with Gasteiger partial charge in [-0.3, -0.25) is 4.90 Å². The smallest absolute Gasteiger partial charge is 0.0579 e. The molecule has 84 valence electrons. The van der Waals surface area contributed by atoms with Gasteiger partial charge in [-0.15, -0.1) is 0 Å². The second-order valence-corrected chi connectivity index (χ2v) is 4.80. The van der Waals surface area contributed by atoms with Gasteiger partial charge >= 0.3 is 0 Å². The Kier molecular flexibility index (Phi) is 5.28. The van der Waals surface area contributed by atoms with E-state index < -0.39 is 0 Å². The molecular weight excluding hydrogens is 194 g/mol. The van der Waals surface area contributed by atoms with Gasteiger partial charge in [0.25, 0.3) is 0 Å². The van der Waals surface area contributed by atoms with Crippen molar-refractivity contribution < 1.29 is 4.74 Å². The van der Waals surface area contributed by atoms with Crippen LogP contribution in [-0.4, -0.2) is 36.1 Å². The number of rotatable bonds is 4. The fraction of sp³-hybridized carbons (Fsp3) is 1.00. The highest BCUT2D eigenvalue weighted by atomic mass is 32.1. The van der Waals surface area contributed by atoms with Gasteiger partial charge in [0.1, 0.15) is 0 Å². The Morgan fingerprint density at radius 2 is 1.86 bits per heavy atom. The highest BCUT2D eigenvalue weighted by Crippen LogP contribution is 2.25. The lowest BCUT2D eigenvalue weighted by molar-refractivity contribution is -0.0228. The van der Waals surface area contributed by atoms with Crippen molar-refractivity contribution in [3.8, 4) is 0 Å². The van der Waals surface area contributed by atoms with Gasteiger partial charge < -0.3 is 4.74 Å². The minimum Gasteiger partial charge on any atom is -0.376 e. The molecule has 0 aliphatic heterocycles. The maximum absolute atomic E-state index is 5.82. The van der Waals surface area contributed by atoms with Crippen LogP contribution in [0, 0.1) is 0 Å². The minimum absolute atomic E-state index is 0.374. The molecule has 0 amide bonds. The zero-order valence-corrected chi connectivity index (χ0v) is 10.5. The average molecular weight is 217 g/mol. The van der Waals surface area contributed by atoms with Crippen LogP contribution >= 0.6 is 12.6 Å². The van der Waals surface area contributed by atoms with Gasteiger partial charge in [-0.05, 0) is 46.6 Å². The predicted molar refractivity (Wildman–Crippen MR) is 63.9 cm³/mol. The van der Waals surface area contributed by atoms with E-state index in [0.29, 0.717) is 12.2 Å². The molecule has 3 heteroatoms. The lowest BCUT2D eigenvalue weighted by Crippen LogP contribution is -2.36. The van der Waals surface area contributed by atoms with Crippen LogP contribution < -0.4 is 0 Å². The fourth-order valence-electron chi connectivity index (χ4n) is 2.12. The van der Waals surface area contributed by atoms with Gasteiger partial charge in [-0.1, -0.05) is 0 Å². The molecule has 0 unspecified atom stereocenters. The van der Waals surface area contributed by atoms with Gasteiger partial charge in [0.05, 0.1) is 12.2 Å². The van der Waals surface area contributed by atoms with Crippen LogP contribution in [0.2, 0.25) is 0 Å². The third-order valence-electron chi connectivity index (χ3n) is 2.95. The largest absolute Gasteiger partial charge is 0.376 e. The van der Waals surface area contributed by atoms with Crippen molar-refractivity contribution in [2.24, 2.45) is 0 Å². The van der Waals surface area contributed by atoms with Crippen LogP contribution in [0.4, 0.5) is 0 Å². The summed E-state index contributed by atoms with van der Waals surface area (Å²) in [6.07, 6.45) is 5.81. The van der Waals surface area contributed by atoms with Gasteiger partial charge in [-0.2, -0.15) is 12.6 Å². The number of hydrogen-bond acceptors (Lipinski definition) is 3. The van der Waals surface area contributed by atoms with Crippen molar-refractivity contribution in [2.75, 3.05) is 12.9 Å². The number of hydrogen-bond donors (Lipinski definition) is 1. The molecule has 0 radical (unpaired) electrons. The molecule has 1 aliphatic carbocycles. The van der Waals surface area contributed by atoms with Crippen molar-refractivity contribution >= 4 is 12.6 Å². The van der Waals surface area contributed by atoms with Crippen molar-refractivity contribution in [1.29, 1.82) is 0 Å². The molecule has 1 fully saturated rings. The third-order valence-corrected chi connectivity index (χ3v) is 3.40. The summed E-state index contributed by atoms with van der Waals surface area (Å²) in [4.78, 5) is 2.33. The van der Waals surface area contributed by atoms with E-state index in [1.54, 1.807) is 0 Å². The van der Waals surface area contributed by atoms with Crippen LogP contribution in [0.1, 0.15) is 39.5 Å². The van der Waals surface area contributed by atoms with E-state index in [2.05, 4.69) is 38.4 Å². The fourth-order valence-corrected chi connectivity index (χ4v) is 2.35. The van der Waals surface area contributed by atoms with Crippen LogP contribution in [0.5, 0.6) is 0 Å². The van der Waals surface area contributed by atoms with E-state index in [1.807, 2.05) is 0 Å². The maximum Gasteiger partial charge on any atom is 0.0579 e. The quantitative estimate of drug-likeness (QED) is 0.574. The Bertz CT molecular complexity index is 155. The Labute approximate surface area is 93.4 Å². The van der Waals surface area contributed by atoms with Crippen molar-refractivity contribution in [2.45, 2.75) is 57.8 Å². The Balaban J connectivity index is 2.24. The zero-order valence-electron chi connectivity index (χ0n) is 9.57. The summed E-state index contributed by atoms with van der Waals surface area (Å²) < 4.78 is 5.82. The van der Waals surface area contributed by atoms with Crippen LogP contribution in [0.25, 0.3) is 0 Å². The van der Waals surface area contributed by atoms with Crippen LogP contribution in [0.15, 0.2) is 0 Å².